The highest BCUT2D eigenvalue weighted by Gasteiger charge is 2.14. The van der Waals surface area contributed by atoms with Crippen molar-refractivity contribution in [3.8, 4) is 0 Å². The van der Waals surface area contributed by atoms with E-state index in [1.165, 1.54) is 6.33 Å². The quantitative estimate of drug-likeness (QED) is 0.790. The standard InChI is InChI=1S/C12H17N5/c1-2-6-14-11(12-15-9-16-17-12)8-10-5-3-4-7-13-10/h3-5,7,9,11,14H,2,6,8H2,1H3,(H,15,16,17). The minimum atomic E-state index is 0.146. The van der Waals surface area contributed by atoms with Crippen LogP contribution in [0.2, 0.25) is 0 Å². The molecule has 0 bridgehead atoms. The van der Waals surface area contributed by atoms with E-state index in [9.17, 15) is 0 Å². The molecule has 17 heavy (non-hydrogen) atoms. The Hall–Kier alpha value is -1.75. The summed E-state index contributed by atoms with van der Waals surface area (Å²) in [4.78, 5) is 8.54. The van der Waals surface area contributed by atoms with Crippen molar-refractivity contribution in [3.05, 3.63) is 42.2 Å². The van der Waals surface area contributed by atoms with Gasteiger partial charge in [-0.05, 0) is 25.1 Å². The fraction of sp³-hybridized carbons (Fsp3) is 0.417. The monoisotopic (exact) mass is 231 g/mol. The number of nitrogens with one attached hydrogen (secondary N) is 2. The summed E-state index contributed by atoms with van der Waals surface area (Å²) in [6.45, 7) is 3.10. The molecule has 0 aliphatic carbocycles. The van der Waals surface area contributed by atoms with E-state index in [4.69, 9.17) is 0 Å². The third-order valence-corrected chi connectivity index (χ3v) is 2.54. The second kappa shape index (κ2) is 6.10. The van der Waals surface area contributed by atoms with Crippen molar-refractivity contribution < 1.29 is 0 Å². The largest absolute Gasteiger partial charge is 0.307 e. The molecule has 5 heteroatoms. The Balaban J connectivity index is 2.06. The third kappa shape index (κ3) is 3.35. The predicted octanol–water partition coefficient (Wildman–Crippen LogP) is 1.48. The molecular formula is C12H17N5. The Labute approximate surface area is 101 Å². The molecule has 0 spiro atoms. The van der Waals surface area contributed by atoms with Gasteiger partial charge >= 0.3 is 0 Å². The number of aromatic nitrogens is 4. The van der Waals surface area contributed by atoms with Crippen molar-refractivity contribution in [1.29, 1.82) is 0 Å². The molecule has 2 heterocycles. The summed E-state index contributed by atoms with van der Waals surface area (Å²) in [5, 5.41) is 10.3. The zero-order valence-electron chi connectivity index (χ0n) is 9.93. The molecular weight excluding hydrogens is 214 g/mol. The first-order chi connectivity index (χ1) is 8.40. The Bertz CT molecular complexity index is 412. The summed E-state index contributed by atoms with van der Waals surface area (Å²) in [7, 11) is 0. The van der Waals surface area contributed by atoms with E-state index in [0.717, 1.165) is 30.9 Å². The molecule has 2 rings (SSSR count). The van der Waals surface area contributed by atoms with E-state index in [-0.39, 0.29) is 6.04 Å². The van der Waals surface area contributed by atoms with Gasteiger partial charge in [0.2, 0.25) is 0 Å². The smallest absolute Gasteiger partial charge is 0.141 e. The maximum absolute atomic E-state index is 4.33. The van der Waals surface area contributed by atoms with Crippen LogP contribution in [0.1, 0.15) is 30.9 Å². The number of aromatic amines is 1. The van der Waals surface area contributed by atoms with E-state index in [0.29, 0.717) is 0 Å². The van der Waals surface area contributed by atoms with Gasteiger partial charge < -0.3 is 5.32 Å². The van der Waals surface area contributed by atoms with Gasteiger partial charge in [0.05, 0.1) is 6.04 Å². The molecule has 2 aromatic heterocycles. The number of hydrogen-bond acceptors (Lipinski definition) is 4. The average molecular weight is 231 g/mol. The van der Waals surface area contributed by atoms with Crippen LogP contribution in [0.4, 0.5) is 0 Å². The molecule has 90 valence electrons. The maximum Gasteiger partial charge on any atom is 0.141 e. The molecule has 1 unspecified atom stereocenters. The molecule has 0 aromatic carbocycles. The molecule has 0 radical (unpaired) electrons. The van der Waals surface area contributed by atoms with Crippen molar-refractivity contribution in [1.82, 2.24) is 25.5 Å². The van der Waals surface area contributed by atoms with Crippen molar-refractivity contribution in [2.75, 3.05) is 6.54 Å². The van der Waals surface area contributed by atoms with E-state index in [1.807, 2.05) is 24.4 Å². The van der Waals surface area contributed by atoms with E-state index in [1.54, 1.807) is 0 Å². The van der Waals surface area contributed by atoms with Gasteiger partial charge in [0.1, 0.15) is 12.2 Å². The summed E-state index contributed by atoms with van der Waals surface area (Å²) in [5.41, 5.74) is 1.05. The second-order valence-electron chi connectivity index (χ2n) is 3.90. The molecule has 0 fully saturated rings. The van der Waals surface area contributed by atoms with Crippen LogP contribution in [0.15, 0.2) is 30.7 Å². The number of pyridine rings is 1. The maximum atomic E-state index is 4.33. The van der Waals surface area contributed by atoms with Gasteiger partial charge in [-0.2, -0.15) is 5.10 Å². The molecule has 1 atom stereocenters. The van der Waals surface area contributed by atoms with Crippen LogP contribution in [0.5, 0.6) is 0 Å². The van der Waals surface area contributed by atoms with Gasteiger partial charge in [-0.15, -0.1) is 0 Å². The lowest BCUT2D eigenvalue weighted by Crippen LogP contribution is -2.25. The number of hydrogen-bond donors (Lipinski definition) is 2. The summed E-state index contributed by atoms with van der Waals surface area (Å²) in [6, 6.07) is 6.09. The Morgan fingerprint density at radius 1 is 1.35 bits per heavy atom. The Morgan fingerprint density at radius 3 is 2.94 bits per heavy atom. The first kappa shape index (κ1) is 11.7. The van der Waals surface area contributed by atoms with Crippen molar-refractivity contribution in [2.45, 2.75) is 25.8 Å². The zero-order valence-corrected chi connectivity index (χ0v) is 9.93. The molecule has 2 aromatic rings. The van der Waals surface area contributed by atoms with Crippen molar-refractivity contribution in [2.24, 2.45) is 0 Å². The highest BCUT2D eigenvalue weighted by atomic mass is 15.2. The van der Waals surface area contributed by atoms with E-state index in [2.05, 4.69) is 32.4 Å². The SMILES string of the molecule is CCCNC(Cc1ccccn1)c1ncn[nH]1. The fourth-order valence-electron chi connectivity index (χ4n) is 1.69. The van der Waals surface area contributed by atoms with Crippen LogP contribution in [-0.2, 0) is 6.42 Å². The summed E-state index contributed by atoms with van der Waals surface area (Å²) < 4.78 is 0. The number of nitrogens with zero attached hydrogens (tertiary/aromatic N) is 3. The van der Waals surface area contributed by atoms with Crippen LogP contribution < -0.4 is 5.32 Å². The van der Waals surface area contributed by atoms with Gasteiger partial charge in [-0.1, -0.05) is 13.0 Å². The topological polar surface area (TPSA) is 66.5 Å². The lowest BCUT2D eigenvalue weighted by atomic mass is 10.1. The van der Waals surface area contributed by atoms with Crippen LogP contribution in [0, 0.1) is 0 Å². The second-order valence-corrected chi connectivity index (χ2v) is 3.90. The molecule has 2 N–H and O–H groups in total. The van der Waals surface area contributed by atoms with Crippen LogP contribution in [0.25, 0.3) is 0 Å². The van der Waals surface area contributed by atoms with Crippen molar-refractivity contribution >= 4 is 0 Å². The molecule has 0 amide bonds. The summed E-state index contributed by atoms with van der Waals surface area (Å²) >= 11 is 0. The van der Waals surface area contributed by atoms with Crippen LogP contribution >= 0.6 is 0 Å². The Morgan fingerprint density at radius 2 is 2.29 bits per heavy atom. The van der Waals surface area contributed by atoms with Crippen molar-refractivity contribution in [3.63, 3.8) is 0 Å². The molecule has 0 saturated carbocycles. The minimum Gasteiger partial charge on any atom is -0.307 e. The minimum absolute atomic E-state index is 0.146. The van der Waals surface area contributed by atoms with Gasteiger partial charge in [0.25, 0.3) is 0 Å². The lowest BCUT2D eigenvalue weighted by molar-refractivity contribution is 0.502. The Kier molecular flexibility index (Phi) is 4.21. The van der Waals surface area contributed by atoms with Gasteiger partial charge in [0, 0.05) is 18.3 Å². The average Bonchev–Trinajstić information content (AvgIpc) is 2.89. The van der Waals surface area contributed by atoms with Crippen LogP contribution in [0.3, 0.4) is 0 Å². The predicted molar refractivity (Wildman–Crippen MR) is 65.4 cm³/mol. The third-order valence-electron chi connectivity index (χ3n) is 2.54. The van der Waals surface area contributed by atoms with Gasteiger partial charge in [-0.3, -0.25) is 10.1 Å². The highest BCUT2D eigenvalue weighted by Crippen LogP contribution is 2.12. The van der Waals surface area contributed by atoms with Gasteiger partial charge in [-0.25, -0.2) is 4.98 Å². The number of H-pyrrole nitrogens is 1. The molecule has 5 nitrogen and oxygen atoms in total. The van der Waals surface area contributed by atoms with Gasteiger partial charge in [0.15, 0.2) is 0 Å². The highest BCUT2D eigenvalue weighted by molar-refractivity contribution is 5.08. The molecule has 0 aliphatic heterocycles. The fourth-order valence-corrected chi connectivity index (χ4v) is 1.69. The first-order valence-electron chi connectivity index (χ1n) is 5.88. The summed E-state index contributed by atoms with van der Waals surface area (Å²) in [6.07, 6.45) is 5.25. The summed E-state index contributed by atoms with van der Waals surface area (Å²) in [5.74, 6) is 0.865. The van der Waals surface area contributed by atoms with E-state index >= 15 is 0 Å². The molecule has 0 saturated heterocycles. The normalized spacial score (nSPS) is 12.5. The number of rotatable bonds is 6. The zero-order chi connectivity index (χ0) is 11.9. The first-order valence-corrected chi connectivity index (χ1v) is 5.88. The van der Waals surface area contributed by atoms with E-state index < -0.39 is 0 Å². The lowest BCUT2D eigenvalue weighted by Gasteiger charge is -2.15. The van der Waals surface area contributed by atoms with Crippen LogP contribution in [-0.4, -0.2) is 26.7 Å². The molecule has 0 aliphatic rings.